The molecule has 1 aliphatic rings. The molecule has 1 aromatic carbocycles. The molecule has 0 spiro atoms. The van der Waals surface area contributed by atoms with Gasteiger partial charge in [-0.1, -0.05) is 19.1 Å². The molecule has 2 N–H and O–H groups in total. The predicted octanol–water partition coefficient (Wildman–Crippen LogP) is 3.40. The van der Waals surface area contributed by atoms with Crippen LogP contribution in [0.2, 0.25) is 0 Å². The number of carbonyl (C=O) groups is 1. The van der Waals surface area contributed by atoms with Gasteiger partial charge in [-0.3, -0.25) is 10.1 Å². The maximum atomic E-state index is 12.3. The molecule has 0 aliphatic carbocycles. The first kappa shape index (κ1) is 17.0. The smallest absolute Gasteiger partial charge is 0.323 e. The summed E-state index contributed by atoms with van der Waals surface area (Å²) in [6.45, 7) is 9.72. The van der Waals surface area contributed by atoms with Crippen LogP contribution in [0.1, 0.15) is 56.5 Å². The summed E-state index contributed by atoms with van der Waals surface area (Å²) in [5, 5.41) is 4.50. The van der Waals surface area contributed by atoms with Gasteiger partial charge in [0.25, 0.3) is 0 Å². The Kier molecular flexibility index (Phi) is 4.92. The Balaban J connectivity index is 2.08. The van der Waals surface area contributed by atoms with Crippen molar-refractivity contribution < 1.29 is 14.3 Å². The fraction of sp³-hybridized carbons (Fsp3) is 0.526. The molecule has 0 bridgehead atoms. The fourth-order valence-electron chi connectivity index (χ4n) is 3.75. The first-order valence-corrected chi connectivity index (χ1v) is 8.73. The Morgan fingerprint density at radius 2 is 2.12 bits per heavy atom. The highest BCUT2D eigenvalue weighted by molar-refractivity contribution is 5.90. The van der Waals surface area contributed by atoms with Crippen molar-refractivity contribution >= 4 is 16.9 Å². The summed E-state index contributed by atoms with van der Waals surface area (Å²) in [6, 6.07) is 5.94. The van der Waals surface area contributed by atoms with Gasteiger partial charge >= 0.3 is 5.97 Å². The zero-order valence-corrected chi connectivity index (χ0v) is 14.8. The topological polar surface area (TPSA) is 63.3 Å². The van der Waals surface area contributed by atoms with Crippen LogP contribution >= 0.6 is 0 Å². The van der Waals surface area contributed by atoms with E-state index < -0.39 is 0 Å². The van der Waals surface area contributed by atoms with E-state index in [4.69, 9.17) is 9.47 Å². The number of carbonyl (C=O) groups excluding carboxylic acids is 1. The van der Waals surface area contributed by atoms with Crippen LogP contribution in [0, 0.1) is 0 Å². The second-order valence-corrected chi connectivity index (χ2v) is 6.28. The molecule has 5 heteroatoms. The first-order chi connectivity index (χ1) is 11.6. The van der Waals surface area contributed by atoms with Gasteiger partial charge in [0, 0.05) is 35.7 Å². The van der Waals surface area contributed by atoms with Crippen molar-refractivity contribution in [2.24, 2.45) is 0 Å². The van der Waals surface area contributed by atoms with Crippen molar-refractivity contribution in [1.82, 2.24) is 10.3 Å². The van der Waals surface area contributed by atoms with E-state index in [0.29, 0.717) is 19.8 Å². The zero-order valence-electron chi connectivity index (χ0n) is 14.8. The number of rotatable bonds is 5. The van der Waals surface area contributed by atoms with Crippen molar-refractivity contribution in [2.75, 3.05) is 13.2 Å². The Bertz CT molecular complexity index is 738. The second-order valence-electron chi connectivity index (χ2n) is 6.28. The van der Waals surface area contributed by atoms with Crippen LogP contribution in [0.3, 0.4) is 0 Å². The Hall–Kier alpha value is -1.85. The fourth-order valence-corrected chi connectivity index (χ4v) is 3.75. The first-order valence-electron chi connectivity index (χ1n) is 8.73. The molecular weight excluding hydrogens is 304 g/mol. The third-order valence-corrected chi connectivity index (χ3v) is 4.83. The third-order valence-electron chi connectivity index (χ3n) is 4.83. The van der Waals surface area contributed by atoms with Crippen LogP contribution in [0.25, 0.3) is 10.9 Å². The van der Waals surface area contributed by atoms with Gasteiger partial charge in [0.15, 0.2) is 0 Å². The summed E-state index contributed by atoms with van der Waals surface area (Å²) in [6.07, 6.45) is 0.0155. The molecule has 1 aliphatic heterocycles. The highest BCUT2D eigenvalue weighted by Gasteiger charge is 2.35. The lowest BCUT2D eigenvalue weighted by molar-refractivity contribution is -0.146. The van der Waals surface area contributed by atoms with E-state index in [-0.39, 0.29) is 24.0 Å². The van der Waals surface area contributed by atoms with Gasteiger partial charge in [-0.25, -0.2) is 0 Å². The quantitative estimate of drug-likeness (QED) is 0.825. The van der Waals surface area contributed by atoms with Crippen LogP contribution in [-0.4, -0.2) is 30.2 Å². The van der Waals surface area contributed by atoms with Crippen molar-refractivity contribution in [3.8, 4) is 0 Å². The minimum absolute atomic E-state index is 0.0155. The van der Waals surface area contributed by atoms with Crippen LogP contribution in [0.5, 0.6) is 0 Å². The van der Waals surface area contributed by atoms with Crippen molar-refractivity contribution in [2.45, 2.75) is 52.3 Å². The standard InChI is InChI=1S/C19H26N2O3/c1-5-23-12(4)13-8-7-9-14-17(13)16-11(3)18(19(22)24-6-2)20-10-15(16)21-14/h7-9,11-12,18,20-21H,5-6,10H2,1-4H3. The molecule has 3 unspecified atom stereocenters. The summed E-state index contributed by atoms with van der Waals surface area (Å²) >= 11 is 0. The van der Waals surface area contributed by atoms with Crippen molar-refractivity contribution in [3.05, 3.63) is 35.0 Å². The van der Waals surface area contributed by atoms with Gasteiger partial charge in [-0.2, -0.15) is 0 Å². The number of hydrogen-bond donors (Lipinski definition) is 2. The Morgan fingerprint density at radius 1 is 1.33 bits per heavy atom. The van der Waals surface area contributed by atoms with Gasteiger partial charge in [0.1, 0.15) is 6.04 Å². The minimum atomic E-state index is -0.313. The van der Waals surface area contributed by atoms with E-state index in [1.807, 2.05) is 13.8 Å². The highest BCUT2D eigenvalue weighted by Crippen LogP contribution is 2.38. The molecule has 3 atom stereocenters. The SMILES string of the molecule is CCOC(=O)C1NCc2[nH]c3cccc(C(C)OCC)c3c2C1C. The van der Waals surface area contributed by atoms with E-state index in [2.05, 4.69) is 42.3 Å². The maximum Gasteiger partial charge on any atom is 0.323 e. The average molecular weight is 330 g/mol. The van der Waals surface area contributed by atoms with Crippen LogP contribution < -0.4 is 5.32 Å². The lowest BCUT2D eigenvalue weighted by atomic mass is 9.86. The molecule has 1 aromatic heterocycles. The molecule has 0 saturated heterocycles. The van der Waals surface area contributed by atoms with E-state index in [1.165, 1.54) is 16.5 Å². The molecule has 130 valence electrons. The lowest BCUT2D eigenvalue weighted by Crippen LogP contribution is -2.45. The minimum Gasteiger partial charge on any atom is -0.465 e. The molecular formula is C19H26N2O3. The van der Waals surface area contributed by atoms with E-state index in [1.54, 1.807) is 0 Å². The number of esters is 1. The summed E-state index contributed by atoms with van der Waals surface area (Å²) in [5.74, 6) is -0.142. The third kappa shape index (κ3) is 2.82. The van der Waals surface area contributed by atoms with E-state index >= 15 is 0 Å². The van der Waals surface area contributed by atoms with Crippen LogP contribution in [0.15, 0.2) is 18.2 Å². The van der Waals surface area contributed by atoms with Gasteiger partial charge in [-0.05, 0) is 38.0 Å². The van der Waals surface area contributed by atoms with Gasteiger partial charge in [-0.15, -0.1) is 0 Å². The van der Waals surface area contributed by atoms with Gasteiger partial charge < -0.3 is 14.5 Å². The molecule has 24 heavy (non-hydrogen) atoms. The van der Waals surface area contributed by atoms with Crippen molar-refractivity contribution in [1.29, 1.82) is 0 Å². The number of H-pyrrole nitrogens is 1. The highest BCUT2D eigenvalue weighted by atomic mass is 16.5. The Morgan fingerprint density at radius 3 is 2.83 bits per heavy atom. The maximum absolute atomic E-state index is 12.3. The molecule has 0 fully saturated rings. The molecule has 0 radical (unpaired) electrons. The number of aromatic amines is 1. The zero-order chi connectivity index (χ0) is 17.3. The summed E-state index contributed by atoms with van der Waals surface area (Å²) in [7, 11) is 0. The predicted molar refractivity (Wildman–Crippen MR) is 94.0 cm³/mol. The van der Waals surface area contributed by atoms with Crippen molar-refractivity contribution in [3.63, 3.8) is 0 Å². The monoisotopic (exact) mass is 330 g/mol. The lowest BCUT2D eigenvalue weighted by Gasteiger charge is -2.29. The number of hydrogen-bond acceptors (Lipinski definition) is 4. The Labute approximate surface area is 142 Å². The summed E-state index contributed by atoms with van der Waals surface area (Å²) < 4.78 is 11.1. The molecule has 2 heterocycles. The molecule has 2 aromatic rings. The average Bonchev–Trinajstić information content (AvgIpc) is 2.94. The number of nitrogens with one attached hydrogen (secondary N) is 2. The molecule has 0 amide bonds. The number of aromatic nitrogens is 1. The van der Waals surface area contributed by atoms with Crippen LogP contribution in [-0.2, 0) is 20.8 Å². The molecule has 5 nitrogen and oxygen atoms in total. The molecule has 3 rings (SSSR count). The van der Waals surface area contributed by atoms with Gasteiger partial charge in [0.05, 0.1) is 12.7 Å². The largest absolute Gasteiger partial charge is 0.465 e. The second kappa shape index (κ2) is 6.95. The normalized spacial score (nSPS) is 21.5. The van der Waals surface area contributed by atoms with Crippen LogP contribution in [0.4, 0.5) is 0 Å². The van der Waals surface area contributed by atoms with E-state index in [0.717, 1.165) is 11.2 Å². The number of fused-ring (bicyclic) bond motifs is 3. The number of ether oxygens (including phenoxy) is 2. The summed E-state index contributed by atoms with van der Waals surface area (Å²) in [5.41, 5.74) is 4.63. The molecule has 0 saturated carbocycles. The number of benzene rings is 1. The van der Waals surface area contributed by atoms with Gasteiger partial charge in [0.2, 0.25) is 0 Å². The summed E-state index contributed by atoms with van der Waals surface area (Å²) in [4.78, 5) is 15.8. The van der Waals surface area contributed by atoms with E-state index in [9.17, 15) is 4.79 Å².